The summed E-state index contributed by atoms with van der Waals surface area (Å²) >= 11 is 0. The maximum Gasteiger partial charge on any atom is 0.220 e. The highest BCUT2D eigenvalue weighted by Crippen LogP contribution is 2.18. The van der Waals surface area contributed by atoms with Crippen molar-refractivity contribution >= 4 is 5.91 Å². The molecule has 1 unspecified atom stereocenters. The van der Waals surface area contributed by atoms with E-state index in [1.54, 1.807) is 0 Å². The van der Waals surface area contributed by atoms with Gasteiger partial charge in [0.15, 0.2) is 0 Å². The standard InChI is InChI=1S/C14H26N2O2/c17-14(10-12-4-8-18-9-5-12)16-7-3-13-2-1-6-15-11-13/h12-13,15H,1-11H2,(H,16,17). The van der Waals surface area contributed by atoms with Gasteiger partial charge in [0.1, 0.15) is 0 Å². The van der Waals surface area contributed by atoms with Crippen molar-refractivity contribution in [1.29, 1.82) is 0 Å². The Hall–Kier alpha value is -0.610. The van der Waals surface area contributed by atoms with E-state index in [1.165, 1.54) is 12.8 Å². The quantitative estimate of drug-likeness (QED) is 0.778. The normalized spacial score (nSPS) is 25.9. The van der Waals surface area contributed by atoms with E-state index in [1.807, 2.05) is 0 Å². The Morgan fingerprint density at radius 1 is 1.22 bits per heavy atom. The van der Waals surface area contributed by atoms with Gasteiger partial charge in [0.25, 0.3) is 0 Å². The third-order valence-electron chi connectivity index (χ3n) is 4.09. The SMILES string of the molecule is O=C(CC1CCOCC1)NCCC1CCCNC1. The van der Waals surface area contributed by atoms with Gasteiger partial charge < -0.3 is 15.4 Å². The summed E-state index contributed by atoms with van der Waals surface area (Å²) in [4.78, 5) is 11.8. The van der Waals surface area contributed by atoms with Crippen molar-refractivity contribution in [1.82, 2.24) is 10.6 Å². The van der Waals surface area contributed by atoms with E-state index in [-0.39, 0.29) is 5.91 Å². The fraction of sp³-hybridized carbons (Fsp3) is 0.929. The van der Waals surface area contributed by atoms with E-state index in [4.69, 9.17) is 4.74 Å². The van der Waals surface area contributed by atoms with Crippen LogP contribution in [0.2, 0.25) is 0 Å². The monoisotopic (exact) mass is 254 g/mol. The van der Waals surface area contributed by atoms with Crippen molar-refractivity contribution in [2.75, 3.05) is 32.8 Å². The van der Waals surface area contributed by atoms with Crippen LogP contribution in [0, 0.1) is 11.8 Å². The van der Waals surface area contributed by atoms with E-state index in [2.05, 4.69) is 10.6 Å². The van der Waals surface area contributed by atoms with Crippen molar-refractivity contribution in [2.24, 2.45) is 11.8 Å². The minimum atomic E-state index is 0.227. The minimum absolute atomic E-state index is 0.227. The lowest BCUT2D eigenvalue weighted by atomic mass is 9.95. The van der Waals surface area contributed by atoms with Crippen LogP contribution in [0.25, 0.3) is 0 Å². The Morgan fingerprint density at radius 2 is 2.06 bits per heavy atom. The number of carbonyl (C=O) groups is 1. The van der Waals surface area contributed by atoms with Gasteiger partial charge in [0.05, 0.1) is 0 Å². The van der Waals surface area contributed by atoms with Crippen molar-refractivity contribution in [2.45, 2.75) is 38.5 Å². The highest BCUT2D eigenvalue weighted by atomic mass is 16.5. The molecule has 0 aromatic carbocycles. The Labute approximate surface area is 110 Å². The van der Waals surface area contributed by atoms with Crippen LogP contribution in [0.1, 0.15) is 38.5 Å². The van der Waals surface area contributed by atoms with Crippen molar-refractivity contribution in [3.05, 3.63) is 0 Å². The highest BCUT2D eigenvalue weighted by molar-refractivity contribution is 5.76. The van der Waals surface area contributed by atoms with E-state index >= 15 is 0 Å². The van der Waals surface area contributed by atoms with Crippen molar-refractivity contribution < 1.29 is 9.53 Å². The molecule has 2 rings (SSSR count). The van der Waals surface area contributed by atoms with Crippen LogP contribution in [0.5, 0.6) is 0 Å². The smallest absolute Gasteiger partial charge is 0.220 e. The molecule has 0 saturated carbocycles. The first-order valence-electron chi connectivity index (χ1n) is 7.40. The number of nitrogens with one attached hydrogen (secondary N) is 2. The molecule has 0 spiro atoms. The first kappa shape index (κ1) is 13.8. The number of carbonyl (C=O) groups excluding carboxylic acids is 1. The molecular formula is C14H26N2O2. The molecule has 0 radical (unpaired) electrons. The van der Waals surface area contributed by atoms with Crippen LogP contribution in [-0.2, 0) is 9.53 Å². The second-order valence-electron chi connectivity index (χ2n) is 5.61. The number of amides is 1. The van der Waals surface area contributed by atoms with E-state index in [0.29, 0.717) is 12.3 Å². The molecule has 0 aromatic rings. The van der Waals surface area contributed by atoms with E-state index in [9.17, 15) is 4.79 Å². The highest BCUT2D eigenvalue weighted by Gasteiger charge is 2.17. The molecule has 2 saturated heterocycles. The second kappa shape index (κ2) is 7.74. The third-order valence-corrected chi connectivity index (χ3v) is 4.09. The molecule has 1 atom stereocenters. The fourth-order valence-electron chi connectivity index (χ4n) is 2.87. The summed E-state index contributed by atoms with van der Waals surface area (Å²) in [5, 5.41) is 6.48. The van der Waals surface area contributed by atoms with Crippen LogP contribution in [-0.4, -0.2) is 38.8 Å². The molecule has 2 aliphatic rings. The molecule has 4 nitrogen and oxygen atoms in total. The van der Waals surface area contributed by atoms with Crippen molar-refractivity contribution in [3.8, 4) is 0 Å². The predicted octanol–water partition coefficient (Wildman–Crippen LogP) is 1.31. The molecule has 4 heteroatoms. The molecule has 18 heavy (non-hydrogen) atoms. The van der Waals surface area contributed by atoms with Gasteiger partial charge in [0.2, 0.25) is 5.91 Å². The third kappa shape index (κ3) is 4.94. The summed E-state index contributed by atoms with van der Waals surface area (Å²) in [6.07, 6.45) is 6.47. The number of ether oxygens (including phenoxy) is 1. The molecule has 0 aliphatic carbocycles. The van der Waals surface area contributed by atoms with Crippen LogP contribution in [0.4, 0.5) is 0 Å². The summed E-state index contributed by atoms with van der Waals surface area (Å²) < 4.78 is 5.30. The van der Waals surface area contributed by atoms with Crippen LogP contribution in [0.15, 0.2) is 0 Å². The zero-order valence-electron chi connectivity index (χ0n) is 11.2. The van der Waals surface area contributed by atoms with Gasteiger partial charge in [-0.05, 0) is 57.0 Å². The van der Waals surface area contributed by atoms with Gasteiger partial charge in [-0.3, -0.25) is 4.79 Å². The predicted molar refractivity (Wildman–Crippen MR) is 71.4 cm³/mol. The van der Waals surface area contributed by atoms with Crippen LogP contribution >= 0.6 is 0 Å². The Bertz CT molecular complexity index is 246. The number of hydrogen-bond donors (Lipinski definition) is 2. The number of rotatable bonds is 5. The zero-order valence-corrected chi connectivity index (χ0v) is 11.2. The topological polar surface area (TPSA) is 50.4 Å². The zero-order chi connectivity index (χ0) is 12.6. The summed E-state index contributed by atoms with van der Waals surface area (Å²) in [5.41, 5.74) is 0. The molecule has 2 N–H and O–H groups in total. The number of piperidine rings is 1. The van der Waals surface area contributed by atoms with Crippen LogP contribution in [0.3, 0.4) is 0 Å². The maximum atomic E-state index is 11.8. The molecule has 104 valence electrons. The lowest BCUT2D eigenvalue weighted by Gasteiger charge is -2.23. The lowest BCUT2D eigenvalue weighted by molar-refractivity contribution is -0.122. The van der Waals surface area contributed by atoms with E-state index in [0.717, 1.165) is 58.0 Å². The summed E-state index contributed by atoms with van der Waals surface area (Å²) in [7, 11) is 0. The molecule has 2 fully saturated rings. The summed E-state index contributed by atoms with van der Waals surface area (Å²) in [6.45, 7) is 4.77. The minimum Gasteiger partial charge on any atom is -0.381 e. The molecule has 2 heterocycles. The number of hydrogen-bond acceptors (Lipinski definition) is 3. The van der Waals surface area contributed by atoms with Gasteiger partial charge in [-0.1, -0.05) is 0 Å². The average Bonchev–Trinajstić information content (AvgIpc) is 2.41. The first-order valence-corrected chi connectivity index (χ1v) is 7.40. The Morgan fingerprint density at radius 3 is 2.78 bits per heavy atom. The van der Waals surface area contributed by atoms with Gasteiger partial charge in [0, 0.05) is 26.2 Å². The largest absolute Gasteiger partial charge is 0.381 e. The molecular weight excluding hydrogens is 228 g/mol. The van der Waals surface area contributed by atoms with E-state index < -0.39 is 0 Å². The van der Waals surface area contributed by atoms with Gasteiger partial charge in [-0.25, -0.2) is 0 Å². The Balaban J connectivity index is 1.53. The van der Waals surface area contributed by atoms with Gasteiger partial charge >= 0.3 is 0 Å². The van der Waals surface area contributed by atoms with Crippen molar-refractivity contribution in [3.63, 3.8) is 0 Å². The first-order chi connectivity index (χ1) is 8.84. The fourth-order valence-corrected chi connectivity index (χ4v) is 2.87. The Kier molecular flexibility index (Phi) is 5.94. The lowest BCUT2D eigenvalue weighted by Crippen LogP contribution is -2.34. The van der Waals surface area contributed by atoms with Gasteiger partial charge in [-0.2, -0.15) is 0 Å². The molecule has 1 amide bonds. The molecule has 0 aromatic heterocycles. The summed E-state index contributed by atoms with van der Waals surface area (Å²) in [6, 6.07) is 0. The molecule has 2 aliphatic heterocycles. The molecule has 0 bridgehead atoms. The second-order valence-corrected chi connectivity index (χ2v) is 5.61. The van der Waals surface area contributed by atoms with Crippen LogP contribution < -0.4 is 10.6 Å². The summed E-state index contributed by atoms with van der Waals surface area (Å²) in [5.74, 6) is 1.52. The average molecular weight is 254 g/mol. The maximum absolute atomic E-state index is 11.8. The van der Waals surface area contributed by atoms with Gasteiger partial charge in [-0.15, -0.1) is 0 Å².